The van der Waals surface area contributed by atoms with Crippen LogP contribution < -0.4 is 9.47 Å². The van der Waals surface area contributed by atoms with Crippen molar-refractivity contribution in [1.82, 2.24) is 15.0 Å². The number of hydrogen-bond donors (Lipinski definition) is 1. The van der Waals surface area contributed by atoms with Gasteiger partial charge in [0.2, 0.25) is 6.79 Å². The standard InChI is InChI=1S/C18H17N3O5/c1-2-3-6-24-18(23)11-4-5-12-13(7-11)20-21(19-12)14-8-16-17(9-15(14)22)26-10-25-16/h4-5,7-9,22H,2-3,6,10H2,1H3. The van der Waals surface area contributed by atoms with E-state index in [0.29, 0.717) is 40.4 Å². The predicted octanol–water partition coefficient (Wildman–Crippen LogP) is 2.81. The molecule has 0 bridgehead atoms. The Morgan fingerprint density at radius 1 is 1.19 bits per heavy atom. The van der Waals surface area contributed by atoms with Crippen LogP contribution >= 0.6 is 0 Å². The number of benzene rings is 2. The monoisotopic (exact) mass is 355 g/mol. The van der Waals surface area contributed by atoms with Crippen molar-refractivity contribution < 1.29 is 24.1 Å². The predicted molar refractivity (Wildman–Crippen MR) is 91.8 cm³/mol. The van der Waals surface area contributed by atoms with E-state index >= 15 is 0 Å². The average Bonchev–Trinajstić information content (AvgIpc) is 3.26. The fourth-order valence-corrected chi connectivity index (χ4v) is 2.62. The summed E-state index contributed by atoms with van der Waals surface area (Å²) in [5, 5.41) is 18.9. The summed E-state index contributed by atoms with van der Waals surface area (Å²) < 4.78 is 15.8. The van der Waals surface area contributed by atoms with Crippen LogP contribution in [0.25, 0.3) is 16.7 Å². The fraction of sp³-hybridized carbons (Fsp3) is 0.278. The van der Waals surface area contributed by atoms with Gasteiger partial charge < -0.3 is 19.3 Å². The highest BCUT2D eigenvalue weighted by atomic mass is 16.7. The van der Waals surface area contributed by atoms with Gasteiger partial charge in [0.25, 0.3) is 0 Å². The highest BCUT2D eigenvalue weighted by molar-refractivity contribution is 5.93. The van der Waals surface area contributed by atoms with Gasteiger partial charge in [0.05, 0.1) is 12.2 Å². The van der Waals surface area contributed by atoms with E-state index in [4.69, 9.17) is 14.2 Å². The lowest BCUT2D eigenvalue weighted by atomic mass is 10.2. The minimum absolute atomic E-state index is 0.0336. The van der Waals surface area contributed by atoms with Gasteiger partial charge in [0.15, 0.2) is 11.5 Å². The highest BCUT2D eigenvalue weighted by Gasteiger charge is 2.19. The maximum atomic E-state index is 12.1. The zero-order chi connectivity index (χ0) is 18.1. The van der Waals surface area contributed by atoms with Crippen molar-refractivity contribution in [3.63, 3.8) is 0 Å². The summed E-state index contributed by atoms with van der Waals surface area (Å²) in [6.45, 7) is 2.53. The molecule has 0 radical (unpaired) electrons. The highest BCUT2D eigenvalue weighted by Crippen LogP contribution is 2.38. The van der Waals surface area contributed by atoms with Crippen LogP contribution in [0.3, 0.4) is 0 Å². The molecular weight excluding hydrogens is 338 g/mol. The third kappa shape index (κ3) is 2.90. The summed E-state index contributed by atoms with van der Waals surface area (Å²) in [5.74, 6) is 0.564. The Bertz CT molecular complexity index is 982. The van der Waals surface area contributed by atoms with Crippen LogP contribution in [0.4, 0.5) is 0 Å². The number of aromatic hydroxyl groups is 1. The van der Waals surface area contributed by atoms with Crippen molar-refractivity contribution in [1.29, 1.82) is 0 Å². The second kappa shape index (κ2) is 6.55. The van der Waals surface area contributed by atoms with Crippen molar-refractivity contribution in [3.8, 4) is 22.9 Å². The maximum absolute atomic E-state index is 12.1. The Balaban J connectivity index is 1.65. The number of phenolic OH excluding ortho intramolecular Hbond substituents is 1. The van der Waals surface area contributed by atoms with Gasteiger partial charge in [-0.2, -0.15) is 0 Å². The van der Waals surface area contributed by atoms with E-state index < -0.39 is 0 Å². The number of carbonyl (C=O) groups excluding carboxylic acids is 1. The van der Waals surface area contributed by atoms with Crippen LogP contribution in [0.5, 0.6) is 17.2 Å². The molecule has 0 fully saturated rings. The minimum atomic E-state index is -0.388. The molecule has 2 aromatic carbocycles. The van der Waals surface area contributed by atoms with Crippen molar-refractivity contribution in [2.45, 2.75) is 19.8 Å². The molecule has 1 aromatic heterocycles. The van der Waals surface area contributed by atoms with Gasteiger partial charge in [-0.15, -0.1) is 15.0 Å². The van der Waals surface area contributed by atoms with Gasteiger partial charge in [-0.1, -0.05) is 13.3 Å². The first-order valence-corrected chi connectivity index (χ1v) is 8.33. The largest absolute Gasteiger partial charge is 0.505 e. The molecule has 8 heteroatoms. The normalized spacial score (nSPS) is 12.5. The first-order chi connectivity index (χ1) is 12.7. The van der Waals surface area contributed by atoms with Gasteiger partial charge in [-0.05, 0) is 24.6 Å². The number of unbranched alkanes of at least 4 members (excludes halogenated alkanes) is 1. The lowest BCUT2D eigenvalue weighted by Gasteiger charge is -2.04. The Morgan fingerprint density at radius 2 is 1.96 bits per heavy atom. The molecule has 1 aliphatic rings. The van der Waals surface area contributed by atoms with Gasteiger partial charge in [-0.3, -0.25) is 0 Å². The molecule has 0 atom stereocenters. The molecule has 1 aliphatic heterocycles. The Kier molecular flexibility index (Phi) is 4.08. The van der Waals surface area contributed by atoms with Crippen LogP contribution in [0, 0.1) is 0 Å². The number of phenols is 1. The van der Waals surface area contributed by atoms with E-state index in [9.17, 15) is 9.90 Å². The van der Waals surface area contributed by atoms with Gasteiger partial charge in [0, 0.05) is 12.1 Å². The number of esters is 1. The molecule has 0 aliphatic carbocycles. The fourth-order valence-electron chi connectivity index (χ4n) is 2.62. The van der Waals surface area contributed by atoms with Gasteiger partial charge >= 0.3 is 5.97 Å². The SMILES string of the molecule is CCCCOC(=O)c1ccc2nn(-c3cc4c(cc3O)OCO4)nc2c1. The van der Waals surface area contributed by atoms with E-state index in [1.54, 1.807) is 24.3 Å². The molecule has 2 heterocycles. The molecule has 8 nitrogen and oxygen atoms in total. The number of fused-ring (bicyclic) bond motifs is 2. The smallest absolute Gasteiger partial charge is 0.338 e. The van der Waals surface area contributed by atoms with Crippen molar-refractivity contribution >= 4 is 17.0 Å². The molecule has 1 N–H and O–H groups in total. The summed E-state index contributed by atoms with van der Waals surface area (Å²) in [4.78, 5) is 13.4. The third-order valence-corrected chi connectivity index (χ3v) is 4.03. The lowest BCUT2D eigenvalue weighted by molar-refractivity contribution is 0.0500. The van der Waals surface area contributed by atoms with Crippen molar-refractivity contribution in [2.75, 3.05) is 13.4 Å². The molecule has 134 valence electrons. The second-order valence-electron chi connectivity index (χ2n) is 5.88. The maximum Gasteiger partial charge on any atom is 0.338 e. The van der Waals surface area contributed by atoms with E-state index in [1.165, 1.54) is 10.9 Å². The van der Waals surface area contributed by atoms with E-state index in [2.05, 4.69) is 10.2 Å². The number of ether oxygens (including phenoxy) is 3. The minimum Gasteiger partial charge on any atom is -0.505 e. The van der Waals surface area contributed by atoms with E-state index in [0.717, 1.165) is 12.8 Å². The zero-order valence-corrected chi connectivity index (χ0v) is 14.1. The van der Waals surface area contributed by atoms with Crippen LogP contribution in [0.1, 0.15) is 30.1 Å². The molecule has 0 amide bonds. The number of aromatic nitrogens is 3. The summed E-state index contributed by atoms with van der Waals surface area (Å²) in [6.07, 6.45) is 1.78. The lowest BCUT2D eigenvalue weighted by Crippen LogP contribution is -2.06. The van der Waals surface area contributed by atoms with Gasteiger partial charge in [0.1, 0.15) is 22.5 Å². The van der Waals surface area contributed by atoms with Crippen LogP contribution in [-0.2, 0) is 4.74 Å². The topological polar surface area (TPSA) is 95.7 Å². The van der Waals surface area contributed by atoms with Crippen LogP contribution in [0.15, 0.2) is 30.3 Å². The molecule has 0 saturated carbocycles. The molecule has 0 unspecified atom stereocenters. The van der Waals surface area contributed by atoms with E-state index in [1.807, 2.05) is 6.92 Å². The summed E-state index contributed by atoms with van der Waals surface area (Å²) in [7, 11) is 0. The Labute approximate surface area is 148 Å². The first-order valence-electron chi connectivity index (χ1n) is 8.33. The van der Waals surface area contributed by atoms with Crippen molar-refractivity contribution in [3.05, 3.63) is 35.9 Å². The molecule has 0 spiro atoms. The summed E-state index contributed by atoms with van der Waals surface area (Å²) in [6, 6.07) is 8.03. The molecule has 0 saturated heterocycles. The molecule has 4 rings (SSSR count). The molecule has 3 aromatic rings. The number of nitrogens with zero attached hydrogens (tertiary/aromatic N) is 3. The number of hydrogen-bond acceptors (Lipinski definition) is 7. The quantitative estimate of drug-likeness (QED) is 0.555. The zero-order valence-electron chi connectivity index (χ0n) is 14.1. The molecular formula is C18H17N3O5. The Morgan fingerprint density at radius 3 is 2.77 bits per heavy atom. The number of carbonyl (C=O) groups is 1. The van der Waals surface area contributed by atoms with Crippen molar-refractivity contribution in [2.24, 2.45) is 0 Å². The Hall–Kier alpha value is -3.29. The summed E-state index contributed by atoms with van der Waals surface area (Å²) >= 11 is 0. The summed E-state index contributed by atoms with van der Waals surface area (Å²) in [5.41, 5.74) is 1.88. The third-order valence-electron chi connectivity index (χ3n) is 4.03. The first kappa shape index (κ1) is 16.2. The molecule has 26 heavy (non-hydrogen) atoms. The van der Waals surface area contributed by atoms with Gasteiger partial charge in [-0.25, -0.2) is 4.79 Å². The number of rotatable bonds is 5. The van der Waals surface area contributed by atoms with Crippen LogP contribution in [-0.4, -0.2) is 39.5 Å². The second-order valence-corrected chi connectivity index (χ2v) is 5.88. The van der Waals surface area contributed by atoms with Crippen LogP contribution in [0.2, 0.25) is 0 Å². The van der Waals surface area contributed by atoms with E-state index in [-0.39, 0.29) is 18.5 Å². The average molecular weight is 355 g/mol.